The van der Waals surface area contributed by atoms with Gasteiger partial charge in [0.1, 0.15) is 18.1 Å². The van der Waals surface area contributed by atoms with Crippen LogP contribution in [0.15, 0.2) is 72.9 Å². The van der Waals surface area contributed by atoms with E-state index in [1.165, 1.54) is 0 Å². The van der Waals surface area contributed by atoms with Crippen molar-refractivity contribution in [2.75, 3.05) is 26.2 Å². The third-order valence-corrected chi connectivity index (χ3v) is 5.14. The first-order chi connectivity index (χ1) is 14.3. The average Bonchev–Trinajstić information content (AvgIpc) is 3.18. The van der Waals surface area contributed by atoms with Crippen molar-refractivity contribution < 1.29 is 4.74 Å². The number of nitrogens with zero attached hydrogens (tertiary/aromatic N) is 4. The lowest BCUT2D eigenvalue weighted by Crippen LogP contribution is -2.27. The molecule has 0 spiro atoms. The van der Waals surface area contributed by atoms with E-state index in [-0.39, 0.29) is 0 Å². The molecule has 0 atom stereocenters. The fraction of sp³-hybridized carbons (Fsp3) is 0.250. The van der Waals surface area contributed by atoms with Gasteiger partial charge >= 0.3 is 0 Å². The molecule has 4 aromatic rings. The fourth-order valence-corrected chi connectivity index (χ4v) is 3.46. The summed E-state index contributed by atoms with van der Waals surface area (Å²) in [6.07, 6.45) is 1.81. The Labute approximate surface area is 171 Å². The third kappa shape index (κ3) is 4.15. The van der Waals surface area contributed by atoms with Gasteiger partial charge in [-0.05, 0) is 49.5 Å². The highest BCUT2D eigenvalue weighted by molar-refractivity contribution is 5.91. The Hall–Kier alpha value is -3.18. The summed E-state index contributed by atoms with van der Waals surface area (Å²) in [5.41, 5.74) is 3.84. The predicted molar refractivity (Wildman–Crippen MR) is 118 cm³/mol. The zero-order valence-corrected chi connectivity index (χ0v) is 17.0. The van der Waals surface area contributed by atoms with Gasteiger partial charge < -0.3 is 9.64 Å². The first-order valence-corrected chi connectivity index (χ1v) is 10.1. The van der Waals surface area contributed by atoms with Gasteiger partial charge in [0, 0.05) is 23.7 Å². The summed E-state index contributed by atoms with van der Waals surface area (Å²) in [6.45, 7) is 8.05. The molecule has 0 unspecified atom stereocenters. The van der Waals surface area contributed by atoms with E-state index >= 15 is 0 Å². The van der Waals surface area contributed by atoms with E-state index in [4.69, 9.17) is 9.84 Å². The van der Waals surface area contributed by atoms with Crippen LogP contribution in [-0.4, -0.2) is 45.9 Å². The van der Waals surface area contributed by atoms with Gasteiger partial charge in [-0.1, -0.05) is 44.2 Å². The Kier molecular flexibility index (Phi) is 5.86. The first kappa shape index (κ1) is 19.2. The zero-order valence-electron chi connectivity index (χ0n) is 17.0. The van der Waals surface area contributed by atoms with Crippen LogP contribution in [-0.2, 0) is 0 Å². The van der Waals surface area contributed by atoms with E-state index in [0.717, 1.165) is 53.4 Å². The van der Waals surface area contributed by atoms with Crippen LogP contribution >= 0.6 is 0 Å². The van der Waals surface area contributed by atoms with Gasteiger partial charge in [0.05, 0.1) is 5.69 Å². The number of rotatable bonds is 8. The lowest BCUT2D eigenvalue weighted by atomic mass is 10.1. The molecular formula is C24H26N4O. The van der Waals surface area contributed by atoms with Crippen molar-refractivity contribution in [1.29, 1.82) is 0 Å². The Balaban J connectivity index is 1.59. The maximum atomic E-state index is 5.91. The van der Waals surface area contributed by atoms with E-state index < -0.39 is 0 Å². The molecule has 0 aliphatic heterocycles. The number of ether oxygens (including phenoxy) is 1. The van der Waals surface area contributed by atoms with Crippen molar-refractivity contribution in [3.05, 3.63) is 72.9 Å². The Bertz CT molecular complexity index is 1050. The van der Waals surface area contributed by atoms with Crippen molar-refractivity contribution in [2.45, 2.75) is 13.8 Å². The second-order valence-corrected chi connectivity index (χ2v) is 6.87. The monoisotopic (exact) mass is 386 g/mol. The Morgan fingerprint density at radius 3 is 2.38 bits per heavy atom. The van der Waals surface area contributed by atoms with Crippen LogP contribution in [0.5, 0.6) is 5.75 Å². The molecule has 2 heterocycles. The minimum atomic E-state index is 0.686. The molecule has 0 aliphatic carbocycles. The molecule has 148 valence electrons. The Morgan fingerprint density at radius 2 is 1.66 bits per heavy atom. The summed E-state index contributed by atoms with van der Waals surface area (Å²) < 4.78 is 7.81. The molecule has 5 heteroatoms. The average molecular weight is 386 g/mol. The van der Waals surface area contributed by atoms with Gasteiger partial charge in [-0.25, -0.2) is 9.67 Å². The third-order valence-electron chi connectivity index (χ3n) is 5.14. The maximum absolute atomic E-state index is 5.91. The first-order valence-electron chi connectivity index (χ1n) is 10.1. The molecule has 0 radical (unpaired) electrons. The summed E-state index contributed by atoms with van der Waals surface area (Å²) >= 11 is 0. The molecule has 4 rings (SSSR count). The van der Waals surface area contributed by atoms with Crippen molar-refractivity contribution in [1.82, 2.24) is 19.7 Å². The highest BCUT2D eigenvalue weighted by atomic mass is 16.5. The molecular weight excluding hydrogens is 360 g/mol. The molecule has 0 bridgehead atoms. The van der Waals surface area contributed by atoms with Crippen LogP contribution in [0.25, 0.3) is 28.0 Å². The summed E-state index contributed by atoms with van der Waals surface area (Å²) in [4.78, 5) is 6.93. The summed E-state index contributed by atoms with van der Waals surface area (Å²) in [6, 6.07) is 22.3. The number of pyridine rings is 1. The Morgan fingerprint density at radius 1 is 0.897 bits per heavy atom. The summed E-state index contributed by atoms with van der Waals surface area (Å²) in [7, 11) is 0. The van der Waals surface area contributed by atoms with Crippen LogP contribution in [0.4, 0.5) is 0 Å². The largest absolute Gasteiger partial charge is 0.492 e. The van der Waals surface area contributed by atoms with Gasteiger partial charge in [0.25, 0.3) is 0 Å². The second kappa shape index (κ2) is 8.88. The SMILES string of the molecule is CCN(CC)CCOc1ccc(-n2nc(-c3ccccc3)c3cccnc32)cc1. The van der Waals surface area contributed by atoms with Crippen molar-refractivity contribution in [2.24, 2.45) is 0 Å². The number of likely N-dealkylation sites (N-methyl/N-ethyl adjacent to an activating group) is 1. The predicted octanol–water partition coefficient (Wildman–Crippen LogP) is 4.81. The van der Waals surface area contributed by atoms with Gasteiger partial charge in [-0.3, -0.25) is 0 Å². The number of aromatic nitrogens is 3. The minimum absolute atomic E-state index is 0.686. The smallest absolute Gasteiger partial charge is 0.163 e. The van der Waals surface area contributed by atoms with Gasteiger partial charge in [-0.2, -0.15) is 5.10 Å². The van der Waals surface area contributed by atoms with E-state index in [2.05, 4.69) is 41.9 Å². The maximum Gasteiger partial charge on any atom is 0.163 e. The van der Waals surface area contributed by atoms with Crippen molar-refractivity contribution in [3.63, 3.8) is 0 Å². The fourth-order valence-electron chi connectivity index (χ4n) is 3.46. The zero-order chi connectivity index (χ0) is 20.1. The van der Waals surface area contributed by atoms with E-state index in [1.54, 1.807) is 6.20 Å². The van der Waals surface area contributed by atoms with Crippen LogP contribution in [0.3, 0.4) is 0 Å². The minimum Gasteiger partial charge on any atom is -0.492 e. The molecule has 0 amide bonds. The normalized spacial score (nSPS) is 11.3. The molecule has 0 fully saturated rings. The van der Waals surface area contributed by atoms with E-state index in [1.807, 2.05) is 53.2 Å². The lowest BCUT2D eigenvalue weighted by Gasteiger charge is -2.18. The lowest BCUT2D eigenvalue weighted by molar-refractivity contribution is 0.223. The molecule has 0 saturated heterocycles. The molecule has 0 aliphatic rings. The number of benzene rings is 2. The van der Waals surface area contributed by atoms with Gasteiger partial charge in [0.2, 0.25) is 0 Å². The number of hydrogen-bond acceptors (Lipinski definition) is 4. The molecule has 0 N–H and O–H groups in total. The van der Waals surface area contributed by atoms with Crippen molar-refractivity contribution >= 4 is 11.0 Å². The van der Waals surface area contributed by atoms with Crippen LogP contribution < -0.4 is 4.74 Å². The number of hydrogen-bond donors (Lipinski definition) is 0. The summed E-state index contributed by atoms with van der Waals surface area (Å²) in [5, 5.41) is 5.91. The molecule has 5 nitrogen and oxygen atoms in total. The van der Waals surface area contributed by atoms with Crippen LogP contribution in [0.2, 0.25) is 0 Å². The topological polar surface area (TPSA) is 43.2 Å². The highest BCUT2D eigenvalue weighted by Gasteiger charge is 2.14. The van der Waals surface area contributed by atoms with Crippen LogP contribution in [0.1, 0.15) is 13.8 Å². The standard InChI is InChI=1S/C24H26N4O/c1-3-27(4-2)17-18-29-21-14-12-20(13-15-21)28-24-22(11-8-16-25-24)23(26-28)19-9-6-5-7-10-19/h5-16H,3-4,17-18H2,1-2H3. The van der Waals surface area contributed by atoms with Gasteiger partial charge in [0.15, 0.2) is 5.65 Å². The number of fused-ring (bicyclic) bond motifs is 1. The van der Waals surface area contributed by atoms with Crippen LogP contribution in [0, 0.1) is 0 Å². The van der Waals surface area contributed by atoms with Gasteiger partial charge in [-0.15, -0.1) is 0 Å². The van der Waals surface area contributed by atoms with E-state index in [0.29, 0.717) is 6.61 Å². The van der Waals surface area contributed by atoms with Crippen molar-refractivity contribution in [3.8, 4) is 22.7 Å². The summed E-state index contributed by atoms with van der Waals surface area (Å²) in [5.74, 6) is 0.869. The molecule has 2 aromatic heterocycles. The molecule has 29 heavy (non-hydrogen) atoms. The quantitative estimate of drug-likeness (QED) is 0.436. The highest BCUT2D eigenvalue weighted by Crippen LogP contribution is 2.28. The second-order valence-electron chi connectivity index (χ2n) is 6.87. The molecule has 2 aromatic carbocycles. The molecule has 0 saturated carbocycles. The van der Waals surface area contributed by atoms with E-state index in [9.17, 15) is 0 Å².